The zero-order valence-electron chi connectivity index (χ0n) is 18.2. The number of nitrogens with zero attached hydrogens (tertiary/aromatic N) is 4. The number of hydrogen-bond donors (Lipinski definition) is 1. The molecule has 0 radical (unpaired) electrons. The van der Waals surface area contributed by atoms with Crippen molar-refractivity contribution in [1.82, 2.24) is 9.97 Å². The normalized spacial score (nSPS) is 20.7. The van der Waals surface area contributed by atoms with E-state index in [4.69, 9.17) is 4.98 Å². The highest BCUT2D eigenvalue weighted by atomic mass is 15.3. The van der Waals surface area contributed by atoms with Crippen molar-refractivity contribution in [2.45, 2.75) is 65.3 Å². The fourth-order valence-electron chi connectivity index (χ4n) is 4.63. The van der Waals surface area contributed by atoms with Gasteiger partial charge in [0.25, 0.3) is 0 Å². The van der Waals surface area contributed by atoms with Crippen molar-refractivity contribution in [3.05, 3.63) is 36.0 Å². The molecule has 2 fully saturated rings. The third-order valence-corrected chi connectivity index (χ3v) is 6.51. The van der Waals surface area contributed by atoms with E-state index >= 15 is 0 Å². The van der Waals surface area contributed by atoms with Crippen LogP contribution in [-0.2, 0) is 0 Å². The van der Waals surface area contributed by atoms with Crippen LogP contribution in [0.25, 0.3) is 0 Å². The molecule has 156 valence electrons. The van der Waals surface area contributed by atoms with E-state index in [1.807, 2.05) is 0 Å². The van der Waals surface area contributed by atoms with Crippen molar-refractivity contribution in [2.75, 3.05) is 34.8 Å². The molecule has 1 N–H and O–H groups in total. The Morgan fingerprint density at radius 1 is 1.00 bits per heavy atom. The van der Waals surface area contributed by atoms with E-state index in [-0.39, 0.29) is 0 Å². The van der Waals surface area contributed by atoms with Crippen molar-refractivity contribution in [1.29, 1.82) is 0 Å². The molecule has 2 aliphatic heterocycles. The van der Waals surface area contributed by atoms with E-state index in [0.29, 0.717) is 12.0 Å². The average Bonchev–Trinajstić information content (AvgIpc) is 2.74. The summed E-state index contributed by atoms with van der Waals surface area (Å²) in [5.41, 5.74) is 3.37. The lowest BCUT2D eigenvalue weighted by Gasteiger charge is -2.36. The second kappa shape index (κ2) is 9.02. The maximum atomic E-state index is 4.86. The highest BCUT2D eigenvalue weighted by molar-refractivity contribution is 5.60. The molecule has 0 aliphatic carbocycles. The average molecular weight is 394 g/mol. The van der Waals surface area contributed by atoms with Crippen LogP contribution in [0.15, 0.2) is 30.3 Å². The van der Waals surface area contributed by atoms with Gasteiger partial charge in [-0.2, -0.15) is 4.98 Å². The summed E-state index contributed by atoms with van der Waals surface area (Å²) >= 11 is 0. The lowest BCUT2D eigenvalue weighted by atomic mass is 9.99. The molecule has 1 aromatic heterocycles. The van der Waals surface area contributed by atoms with Gasteiger partial charge in [0.2, 0.25) is 5.95 Å². The molecule has 1 aromatic carbocycles. The molecule has 2 saturated heterocycles. The Kier molecular flexibility index (Phi) is 6.22. The molecule has 5 heteroatoms. The summed E-state index contributed by atoms with van der Waals surface area (Å²) < 4.78 is 0. The monoisotopic (exact) mass is 393 g/mol. The standard InChI is InChI=1S/C24H35N5/c1-4-21-7-5-6-14-29(21)23-17-19(3)25-24(27-23)26-20-8-10-22(11-9-20)28-15-12-18(2)13-16-28/h8-11,17-18,21H,4-7,12-16H2,1-3H3,(H,25,26,27). The molecule has 5 nitrogen and oxygen atoms in total. The first-order valence-corrected chi connectivity index (χ1v) is 11.4. The largest absolute Gasteiger partial charge is 0.372 e. The van der Waals surface area contributed by atoms with Gasteiger partial charge in [0, 0.05) is 48.8 Å². The zero-order valence-corrected chi connectivity index (χ0v) is 18.2. The van der Waals surface area contributed by atoms with E-state index < -0.39 is 0 Å². The molecule has 0 bridgehead atoms. The molecule has 2 aliphatic rings. The van der Waals surface area contributed by atoms with E-state index in [2.05, 4.69) is 71.2 Å². The molecule has 3 heterocycles. The van der Waals surface area contributed by atoms with Gasteiger partial charge in [0.05, 0.1) is 0 Å². The second-order valence-corrected chi connectivity index (χ2v) is 8.78. The SMILES string of the molecule is CCC1CCCCN1c1cc(C)nc(Nc2ccc(N3CCC(C)CC3)cc2)n1. The van der Waals surface area contributed by atoms with Crippen LogP contribution < -0.4 is 15.1 Å². The number of rotatable bonds is 5. The summed E-state index contributed by atoms with van der Waals surface area (Å²) in [4.78, 5) is 14.5. The van der Waals surface area contributed by atoms with Gasteiger partial charge in [-0.1, -0.05) is 13.8 Å². The molecular weight excluding hydrogens is 358 g/mol. The van der Waals surface area contributed by atoms with Gasteiger partial charge in [-0.05, 0) is 75.6 Å². The smallest absolute Gasteiger partial charge is 0.229 e. The van der Waals surface area contributed by atoms with Crippen LogP contribution in [0.2, 0.25) is 0 Å². The third kappa shape index (κ3) is 4.82. The first-order valence-electron chi connectivity index (χ1n) is 11.4. The van der Waals surface area contributed by atoms with Gasteiger partial charge in [-0.25, -0.2) is 4.98 Å². The summed E-state index contributed by atoms with van der Waals surface area (Å²) in [5.74, 6) is 2.61. The number of aromatic nitrogens is 2. The van der Waals surface area contributed by atoms with E-state index in [1.165, 1.54) is 44.2 Å². The molecule has 0 spiro atoms. The Bertz CT molecular complexity index is 795. The molecule has 29 heavy (non-hydrogen) atoms. The van der Waals surface area contributed by atoms with Crippen LogP contribution in [0, 0.1) is 12.8 Å². The molecule has 0 amide bonds. The van der Waals surface area contributed by atoms with Gasteiger partial charge in [-0.3, -0.25) is 0 Å². The third-order valence-electron chi connectivity index (χ3n) is 6.51. The Hall–Kier alpha value is -2.30. The Morgan fingerprint density at radius 2 is 1.76 bits per heavy atom. The second-order valence-electron chi connectivity index (χ2n) is 8.78. The summed E-state index contributed by atoms with van der Waals surface area (Å²) in [6, 6.07) is 11.4. The van der Waals surface area contributed by atoms with Crippen LogP contribution in [0.1, 0.15) is 58.1 Å². The van der Waals surface area contributed by atoms with Gasteiger partial charge >= 0.3 is 0 Å². The van der Waals surface area contributed by atoms with Crippen molar-refractivity contribution in [3.63, 3.8) is 0 Å². The lowest BCUT2D eigenvalue weighted by Crippen LogP contribution is -2.39. The molecule has 0 saturated carbocycles. The van der Waals surface area contributed by atoms with Gasteiger partial charge in [0.15, 0.2) is 0 Å². The van der Waals surface area contributed by atoms with E-state index in [1.54, 1.807) is 0 Å². The summed E-state index contributed by atoms with van der Waals surface area (Å²) in [6.07, 6.45) is 7.58. The van der Waals surface area contributed by atoms with Gasteiger partial charge < -0.3 is 15.1 Å². The first kappa shape index (κ1) is 20.0. The highest BCUT2D eigenvalue weighted by Crippen LogP contribution is 2.28. The Balaban J connectivity index is 1.47. The zero-order chi connectivity index (χ0) is 20.2. The topological polar surface area (TPSA) is 44.3 Å². The van der Waals surface area contributed by atoms with E-state index in [9.17, 15) is 0 Å². The summed E-state index contributed by atoms with van der Waals surface area (Å²) in [7, 11) is 0. The first-order chi connectivity index (χ1) is 14.1. The van der Waals surface area contributed by atoms with Crippen molar-refractivity contribution >= 4 is 23.1 Å². The minimum atomic E-state index is 0.595. The van der Waals surface area contributed by atoms with Crippen molar-refractivity contribution in [3.8, 4) is 0 Å². The molecular formula is C24H35N5. The molecule has 1 unspecified atom stereocenters. The Labute approximate surface area is 175 Å². The maximum absolute atomic E-state index is 4.86. The number of aryl methyl sites for hydroxylation is 1. The highest BCUT2D eigenvalue weighted by Gasteiger charge is 2.23. The maximum Gasteiger partial charge on any atom is 0.229 e. The van der Waals surface area contributed by atoms with Crippen LogP contribution in [-0.4, -0.2) is 35.6 Å². The predicted molar refractivity (Wildman–Crippen MR) is 122 cm³/mol. The van der Waals surface area contributed by atoms with Crippen LogP contribution >= 0.6 is 0 Å². The van der Waals surface area contributed by atoms with E-state index in [0.717, 1.165) is 42.8 Å². The fourth-order valence-corrected chi connectivity index (χ4v) is 4.63. The fraction of sp³-hybridized carbons (Fsp3) is 0.583. The number of piperidine rings is 2. The number of hydrogen-bond acceptors (Lipinski definition) is 5. The van der Waals surface area contributed by atoms with Crippen molar-refractivity contribution < 1.29 is 0 Å². The number of nitrogens with one attached hydrogen (secondary N) is 1. The molecule has 1 atom stereocenters. The van der Waals surface area contributed by atoms with Gasteiger partial charge in [-0.15, -0.1) is 0 Å². The van der Waals surface area contributed by atoms with Crippen LogP contribution in [0.3, 0.4) is 0 Å². The molecule has 4 rings (SSSR count). The number of benzene rings is 1. The summed E-state index contributed by atoms with van der Waals surface area (Å²) in [6.45, 7) is 10.1. The molecule has 2 aromatic rings. The van der Waals surface area contributed by atoms with Crippen LogP contribution in [0.5, 0.6) is 0 Å². The predicted octanol–water partition coefficient (Wildman–Crippen LogP) is 5.53. The quantitative estimate of drug-likeness (QED) is 0.723. The van der Waals surface area contributed by atoms with Crippen LogP contribution in [0.4, 0.5) is 23.1 Å². The minimum absolute atomic E-state index is 0.595. The lowest BCUT2D eigenvalue weighted by molar-refractivity contribution is 0.438. The van der Waals surface area contributed by atoms with Gasteiger partial charge in [0.1, 0.15) is 5.82 Å². The Morgan fingerprint density at radius 3 is 2.48 bits per heavy atom. The minimum Gasteiger partial charge on any atom is -0.372 e. The summed E-state index contributed by atoms with van der Waals surface area (Å²) in [5, 5.41) is 3.43. The number of anilines is 4. The van der Waals surface area contributed by atoms with Crippen molar-refractivity contribution in [2.24, 2.45) is 5.92 Å².